The van der Waals surface area contributed by atoms with Gasteiger partial charge in [-0.15, -0.1) is 0 Å². The average molecular weight is 288 g/mol. The lowest BCUT2D eigenvalue weighted by atomic mass is 9.68. The van der Waals surface area contributed by atoms with Crippen molar-refractivity contribution in [2.75, 3.05) is 26.0 Å². The van der Waals surface area contributed by atoms with Crippen LogP contribution < -0.4 is 5.32 Å². The van der Waals surface area contributed by atoms with Crippen molar-refractivity contribution in [3.05, 3.63) is 0 Å². The van der Waals surface area contributed by atoms with Gasteiger partial charge in [-0.25, -0.2) is 0 Å². The Bertz CT molecular complexity index is 245. The normalized spacial score (nSPS) is 28.6. The molecular weight excluding hydrogens is 254 g/mol. The van der Waals surface area contributed by atoms with Gasteiger partial charge in [-0.3, -0.25) is 0 Å². The molecule has 0 aliphatic heterocycles. The third-order valence-corrected chi connectivity index (χ3v) is 6.25. The van der Waals surface area contributed by atoms with Crippen molar-refractivity contribution in [2.45, 2.75) is 64.7 Å². The van der Waals surface area contributed by atoms with Gasteiger partial charge in [0.2, 0.25) is 0 Å². The van der Waals surface area contributed by atoms with Crippen molar-refractivity contribution in [3.63, 3.8) is 0 Å². The van der Waals surface area contributed by atoms with Crippen LogP contribution in [0.4, 0.5) is 0 Å². The van der Waals surface area contributed by atoms with Gasteiger partial charge in [0, 0.05) is 24.2 Å². The van der Waals surface area contributed by atoms with Crippen LogP contribution in [0.25, 0.3) is 0 Å². The standard InChI is InChI=1S/C16H33NOS/c1-6-16(3,4)13-8-9-14(17-7-2)15(12-13)19-11-10-18-5/h13-15,17H,6-12H2,1-5H3. The van der Waals surface area contributed by atoms with Crippen LogP contribution in [0.5, 0.6) is 0 Å². The molecule has 0 bridgehead atoms. The molecule has 2 nitrogen and oxygen atoms in total. The van der Waals surface area contributed by atoms with Gasteiger partial charge in [0.15, 0.2) is 0 Å². The van der Waals surface area contributed by atoms with E-state index in [0.29, 0.717) is 11.5 Å². The van der Waals surface area contributed by atoms with E-state index in [1.807, 2.05) is 0 Å². The minimum atomic E-state index is 0.497. The van der Waals surface area contributed by atoms with Gasteiger partial charge in [0.1, 0.15) is 0 Å². The maximum atomic E-state index is 5.20. The predicted octanol–water partition coefficient (Wildman–Crippen LogP) is 3.95. The zero-order valence-corrected chi connectivity index (χ0v) is 14.3. The van der Waals surface area contributed by atoms with Crippen LogP contribution in [-0.2, 0) is 4.74 Å². The van der Waals surface area contributed by atoms with Crippen LogP contribution in [-0.4, -0.2) is 37.3 Å². The molecule has 1 fully saturated rings. The van der Waals surface area contributed by atoms with Crippen molar-refractivity contribution in [1.82, 2.24) is 5.32 Å². The van der Waals surface area contributed by atoms with Gasteiger partial charge in [-0.05, 0) is 37.1 Å². The Labute approximate surface area is 124 Å². The summed E-state index contributed by atoms with van der Waals surface area (Å²) in [5, 5.41) is 4.45. The highest BCUT2D eigenvalue weighted by molar-refractivity contribution is 8.00. The number of ether oxygens (including phenoxy) is 1. The molecule has 0 aromatic carbocycles. The highest BCUT2D eigenvalue weighted by Crippen LogP contribution is 2.43. The van der Waals surface area contributed by atoms with Crippen LogP contribution in [0.15, 0.2) is 0 Å². The minimum absolute atomic E-state index is 0.497. The largest absolute Gasteiger partial charge is 0.384 e. The fourth-order valence-electron chi connectivity index (χ4n) is 3.09. The predicted molar refractivity (Wildman–Crippen MR) is 87.0 cm³/mol. The van der Waals surface area contributed by atoms with E-state index in [9.17, 15) is 0 Å². The third kappa shape index (κ3) is 5.28. The molecule has 0 aromatic rings. The second kappa shape index (κ2) is 8.53. The fourth-order valence-corrected chi connectivity index (χ4v) is 4.49. The summed E-state index contributed by atoms with van der Waals surface area (Å²) in [5.41, 5.74) is 0.497. The molecule has 0 heterocycles. The first-order valence-corrected chi connectivity index (χ1v) is 8.94. The van der Waals surface area contributed by atoms with Crippen LogP contribution in [0, 0.1) is 11.3 Å². The zero-order valence-electron chi connectivity index (χ0n) is 13.5. The zero-order chi connectivity index (χ0) is 14.3. The van der Waals surface area contributed by atoms with Crippen LogP contribution >= 0.6 is 11.8 Å². The summed E-state index contributed by atoms with van der Waals surface area (Å²) in [7, 11) is 1.80. The highest BCUT2D eigenvalue weighted by Gasteiger charge is 2.36. The summed E-state index contributed by atoms with van der Waals surface area (Å²) in [6.45, 7) is 11.4. The molecule has 19 heavy (non-hydrogen) atoms. The molecule has 1 aliphatic carbocycles. The van der Waals surface area contributed by atoms with Gasteiger partial charge in [0.05, 0.1) is 6.61 Å². The fraction of sp³-hybridized carbons (Fsp3) is 1.00. The summed E-state index contributed by atoms with van der Waals surface area (Å²) >= 11 is 2.11. The molecule has 3 atom stereocenters. The highest BCUT2D eigenvalue weighted by atomic mass is 32.2. The van der Waals surface area contributed by atoms with Crippen molar-refractivity contribution in [1.29, 1.82) is 0 Å². The Kier molecular flexibility index (Phi) is 7.78. The van der Waals surface area contributed by atoms with Crippen molar-refractivity contribution in [2.24, 2.45) is 11.3 Å². The lowest BCUT2D eigenvalue weighted by Crippen LogP contribution is -2.45. The molecule has 1 N–H and O–H groups in total. The van der Waals surface area contributed by atoms with Gasteiger partial charge < -0.3 is 10.1 Å². The van der Waals surface area contributed by atoms with Crippen molar-refractivity contribution < 1.29 is 4.74 Å². The second-order valence-corrected chi connectivity index (χ2v) is 7.77. The number of hydrogen-bond acceptors (Lipinski definition) is 3. The number of thioether (sulfide) groups is 1. The second-order valence-electron chi connectivity index (χ2n) is 6.42. The molecule has 114 valence electrons. The van der Waals surface area contributed by atoms with E-state index in [1.165, 1.54) is 25.7 Å². The SMILES string of the molecule is CCNC1CCC(C(C)(C)CC)CC1SCCOC. The lowest BCUT2D eigenvalue weighted by molar-refractivity contribution is 0.141. The van der Waals surface area contributed by atoms with Gasteiger partial charge >= 0.3 is 0 Å². The maximum absolute atomic E-state index is 5.20. The molecule has 1 aliphatic rings. The molecule has 0 radical (unpaired) electrons. The Morgan fingerprint density at radius 2 is 2.00 bits per heavy atom. The van der Waals surface area contributed by atoms with Crippen molar-refractivity contribution in [3.8, 4) is 0 Å². The van der Waals surface area contributed by atoms with E-state index < -0.39 is 0 Å². The lowest BCUT2D eigenvalue weighted by Gasteiger charge is -2.43. The molecule has 0 amide bonds. The Hall–Kier alpha value is 0.270. The first-order chi connectivity index (χ1) is 9.05. The summed E-state index contributed by atoms with van der Waals surface area (Å²) < 4.78 is 5.20. The molecule has 0 aromatic heterocycles. The number of nitrogens with one attached hydrogen (secondary N) is 1. The summed E-state index contributed by atoms with van der Waals surface area (Å²) in [6.07, 6.45) is 5.39. The number of hydrogen-bond donors (Lipinski definition) is 1. The third-order valence-electron chi connectivity index (χ3n) is 4.89. The Balaban J connectivity index is 2.57. The van der Waals surface area contributed by atoms with Gasteiger partial charge in [0.25, 0.3) is 0 Å². The summed E-state index contributed by atoms with van der Waals surface area (Å²) in [5.74, 6) is 2.01. The Morgan fingerprint density at radius 3 is 2.58 bits per heavy atom. The smallest absolute Gasteiger partial charge is 0.0553 e. The molecule has 3 heteroatoms. The first kappa shape index (κ1) is 17.3. The molecule has 0 saturated heterocycles. The molecule has 3 unspecified atom stereocenters. The quantitative estimate of drug-likeness (QED) is 0.683. The van der Waals surface area contributed by atoms with E-state index in [4.69, 9.17) is 4.74 Å². The van der Waals surface area contributed by atoms with E-state index in [1.54, 1.807) is 7.11 Å². The monoisotopic (exact) mass is 287 g/mol. The number of methoxy groups -OCH3 is 1. The van der Waals surface area contributed by atoms with Crippen molar-refractivity contribution >= 4 is 11.8 Å². The summed E-state index contributed by atoms with van der Waals surface area (Å²) in [4.78, 5) is 0. The van der Waals surface area contributed by atoms with E-state index in [0.717, 1.165) is 30.1 Å². The van der Waals surface area contributed by atoms with E-state index in [2.05, 4.69) is 44.8 Å². The van der Waals surface area contributed by atoms with Gasteiger partial charge in [-0.2, -0.15) is 11.8 Å². The van der Waals surface area contributed by atoms with Crippen LogP contribution in [0.1, 0.15) is 53.4 Å². The topological polar surface area (TPSA) is 21.3 Å². The summed E-state index contributed by atoms with van der Waals surface area (Å²) in [6, 6.07) is 0.704. The van der Waals surface area contributed by atoms with E-state index >= 15 is 0 Å². The van der Waals surface area contributed by atoms with Crippen LogP contribution in [0.2, 0.25) is 0 Å². The average Bonchev–Trinajstić information content (AvgIpc) is 2.41. The molecule has 1 rings (SSSR count). The minimum Gasteiger partial charge on any atom is -0.384 e. The van der Waals surface area contributed by atoms with Crippen LogP contribution in [0.3, 0.4) is 0 Å². The maximum Gasteiger partial charge on any atom is 0.0553 e. The molecular formula is C16H33NOS. The first-order valence-electron chi connectivity index (χ1n) is 7.89. The van der Waals surface area contributed by atoms with E-state index in [-0.39, 0.29) is 0 Å². The van der Waals surface area contributed by atoms with Gasteiger partial charge in [-0.1, -0.05) is 34.1 Å². The molecule has 0 spiro atoms. The Morgan fingerprint density at radius 1 is 1.26 bits per heavy atom. The molecule has 1 saturated carbocycles. The number of rotatable bonds is 8.